The maximum absolute atomic E-state index is 11.4. The average molecular weight is 234 g/mol. The van der Waals surface area contributed by atoms with Gasteiger partial charge in [0.05, 0.1) is 6.54 Å². The molecule has 0 aromatic heterocycles. The first-order valence-corrected chi connectivity index (χ1v) is 5.95. The highest BCUT2D eigenvalue weighted by Crippen LogP contribution is 2.25. The van der Waals surface area contributed by atoms with Crippen molar-refractivity contribution in [2.75, 3.05) is 20.1 Å². The van der Waals surface area contributed by atoms with Gasteiger partial charge < -0.3 is 10.6 Å². The van der Waals surface area contributed by atoms with E-state index in [9.17, 15) is 4.79 Å². The van der Waals surface area contributed by atoms with Crippen molar-refractivity contribution in [1.29, 1.82) is 0 Å². The molecule has 1 amide bonds. The highest BCUT2D eigenvalue weighted by atomic mass is 16.1. The minimum absolute atomic E-state index is 0.0363. The molecule has 17 heavy (non-hydrogen) atoms. The monoisotopic (exact) mass is 234 g/mol. The maximum atomic E-state index is 11.4. The third kappa shape index (κ3) is 3.86. The minimum atomic E-state index is -0.0469. The Balaban J connectivity index is 2.69. The van der Waals surface area contributed by atoms with E-state index in [1.54, 1.807) is 7.05 Å². The molecule has 3 heteroatoms. The number of benzene rings is 1. The van der Waals surface area contributed by atoms with Crippen LogP contribution in [0.2, 0.25) is 0 Å². The van der Waals surface area contributed by atoms with Crippen molar-refractivity contribution in [3.63, 3.8) is 0 Å². The Labute approximate surface area is 104 Å². The Morgan fingerprint density at radius 2 is 1.94 bits per heavy atom. The van der Waals surface area contributed by atoms with Crippen molar-refractivity contribution in [2.24, 2.45) is 0 Å². The highest BCUT2D eigenvalue weighted by molar-refractivity contribution is 5.78. The summed E-state index contributed by atoms with van der Waals surface area (Å²) in [6, 6.07) is 8.31. The molecular weight excluding hydrogens is 212 g/mol. The standard InChI is InChI=1S/C14H22N2O/c1-11-7-5-6-8-12(11)14(2,3)10-16-13(17)9-15-4/h5-8,15H,9-10H2,1-4H3,(H,16,17). The van der Waals surface area contributed by atoms with Gasteiger partial charge >= 0.3 is 0 Å². The molecule has 94 valence electrons. The van der Waals surface area contributed by atoms with E-state index >= 15 is 0 Å². The predicted octanol–water partition coefficient (Wildman–Crippen LogP) is 1.61. The molecule has 3 nitrogen and oxygen atoms in total. The molecule has 0 fully saturated rings. The van der Waals surface area contributed by atoms with Crippen LogP contribution >= 0.6 is 0 Å². The molecule has 0 aliphatic heterocycles. The van der Waals surface area contributed by atoms with Crippen molar-refractivity contribution >= 4 is 5.91 Å². The molecule has 0 saturated heterocycles. The summed E-state index contributed by atoms with van der Waals surface area (Å²) in [7, 11) is 1.77. The third-order valence-electron chi connectivity index (χ3n) is 2.94. The molecule has 1 aromatic rings. The minimum Gasteiger partial charge on any atom is -0.354 e. The molecule has 0 unspecified atom stereocenters. The van der Waals surface area contributed by atoms with Gasteiger partial charge in [0.2, 0.25) is 5.91 Å². The van der Waals surface area contributed by atoms with E-state index < -0.39 is 0 Å². The maximum Gasteiger partial charge on any atom is 0.233 e. The van der Waals surface area contributed by atoms with Gasteiger partial charge in [-0.2, -0.15) is 0 Å². The third-order valence-corrected chi connectivity index (χ3v) is 2.94. The van der Waals surface area contributed by atoms with Crippen LogP contribution in [0.3, 0.4) is 0 Å². The molecule has 0 atom stereocenters. The number of hydrogen-bond donors (Lipinski definition) is 2. The molecular formula is C14H22N2O. The Kier molecular flexibility index (Phi) is 4.70. The van der Waals surface area contributed by atoms with E-state index in [-0.39, 0.29) is 11.3 Å². The van der Waals surface area contributed by atoms with Crippen molar-refractivity contribution in [3.05, 3.63) is 35.4 Å². The lowest BCUT2D eigenvalue weighted by molar-refractivity contribution is -0.120. The number of carbonyl (C=O) groups excluding carboxylic acids is 1. The molecule has 0 radical (unpaired) electrons. The van der Waals surface area contributed by atoms with Crippen molar-refractivity contribution < 1.29 is 4.79 Å². The summed E-state index contributed by atoms with van der Waals surface area (Å²) in [5, 5.41) is 5.79. The number of nitrogens with one attached hydrogen (secondary N) is 2. The fraction of sp³-hybridized carbons (Fsp3) is 0.500. The van der Waals surface area contributed by atoms with Gasteiger partial charge in [-0.1, -0.05) is 38.1 Å². The molecule has 0 aliphatic rings. The van der Waals surface area contributed by atoms with Gasteiger partial charge in [-0.25, -0.2) is 0 Å². The van der Waals surface area contributed by atoms with Gasteiger partial charge in [0.25, 0.3) is 0 Å². The number of hydrogen-bond acceptors (Lipinski definition) is 2. The Hall–Kier alpha value is -1.35. The van der Waals surface area contributed by atoms with Crippen LogP contribution in [0.1, 0.15) is 25.0 Å². The number of carbonyl (C=O) groups is 1. The van der Waals surface area contributed by atoms with Crippen molar-refractivity contribution in [3.8, 4) is 0 Å². The SMILES string of the molecule is CNCC(=O)NCC(C)(C)c1ccccc1C. The van der Waals surface area contributed by atoms with Crippen LogP contribution in [-0.4, -0.2) is 26.0 Å². The molecule has 1 aromatic carbocycles. The Morgan fingerprint density at radius 3 is 2.53 bits per heavy atom. The van der Waals surface area contributed by atoms with Crippen LogP contribution < -0.4 is 10.6 Å². The molecule has 0 bridgehead atoms. The lowest BCUT2D eigenvalue weighted by atomic mass is 9.82. The first kappa shape index (κ1) is 13.7. The largest absolute Gasteiger partial charge is 0.354 e. The summed E-state index contributed by atoms with van der Waals surface area (Å²) in [6.45, 7) is 7.42. The summed E-state index contributed by atoms with van der Waals surface area (Å²) in [6.07, 6.45) is 0. The summed E-state index contributed by atoms with van der Waals surface area (Å²) in [5.74, 6) is 0.0363. The molecule has 0 heterocycles. The molecule has 0 spiro atoms. The second-order valence-corrected chi connectivity index (χ2v) is 5.01. The first-order chi connectivity index (χ1) is 7.97. The van der Waals surface area contributed by atoms with Crippen LogP contribution in [0.5, 0.6) is 0 Å². The van der Waals surface area contributed by atoms with Crippen molar-refractivity contribution in [2.45, 2.75) is 26.2 Å². The Bertz CT molecular complexity index is 386. The zero-order chi connectivity index (χ0) is 12.9. The second-order valence-electron chi connectivity index (χ2n) is 5.01. The summed E-state index contributed by atoms with van der Waals surface area (Å²) >= 11 is 0. The normalized spacial score (nSPS) is 11.3. The van der Waals surface area contributed by atoms with E-state index in [4.69, 9.17) is 0 Å². The zero-order valence-electron chi connectivity index (χ0n) is 11.1. The topological polar surface area (TPSA) is 41.1 Å². The lowest BCUT2D eigenvalue weighted by Gasteiger charge is -2.27. The fourth-order valence-electron chi connectivity index (χ4n) is 1.97. The van der Waals surface area contributed by atoms with Gasteiger partial charge in [-0.3, -0.25) is 4.79 Å². The highest BCUT2D eigenvalue weighted by Gasteiger charge is 2.22. The second kappa shape index (κ2) is 5.82. The van der Waals surface area contributed by atoms with Crippen molar-refractivity contribution in [1.82, 2.24) is 10.6 Å². The lowest BCUT2D eigenvalue weighted by Crippen LogP contribution is -2.40. The molecule has 1 rings (SSSR count). The number of likely N-dealkylation sites (N-methyl/N-ethyl adjacent to an activating group) is 1. The molecule has 2 N–H and O–H groups in total. The van der Waals surface area contributed by atoms with Crippen LogP contribution in [0, 0.1) is 6.92 Å². The van der Waals surface area contributed by atoms with E-state index in [1.165, 1.54) is 11.1 Å². The summed E-state index contributed by atoms with van der Waals surface area (Å²) in [5.41, 5.74) is 2.50. The quantitative estimate of drug-likeness (QED) is 0.812. The van der Waals surface area contributed by atoms with Gasteiger partial charge in [-0.05, 0) is 25.1 Å². The van der Waals surface area contributed by atoms with E-state index in [2.05, 4.69) is 43.5 Å². The van der Waals surface area contributed by atoms with E-state index in [1.807, 2.05) is 12.1 Å². The van der Waals surface area contributed by atoms with Crippen LogP contribution in [0.4, 0.5) is 0 Å². The van der Waals surface area contributed by atoms with Gasteiger partial charge in [0.1, 0.15) is 0 Å². The molecule has 0 saturated carbocycles. The van der Waals surface area contributed by atoms with E-state index in [0.29, 0.717) is 13.1 Å². The fourth-order valence-corrected chi connectivity index (χ4v) is 1.97. The Morgan fingerprint density at radius 1 is 1.29 bits per heavy atom. The smallest absolute Gasteiger partial charge is 0.233 e. The van der Waals surface area contributed by atoms with E-state index in [0.717, 1.165) is 0 Å². The zero-order valence-corrected chi connectivity index (χ0v) is 11.1. The number of rotatable bonds is 5. The average Bonchev–Trinajstić information content (AvgIpc) is 2.27. The summed E-state index contributed by atoms with van der Waals surface area (Å²) < 4.78 is 0. The number of aryl methyl sites for hydroxylation is 1. The van der Waals surface area contributed by atoms with Gasteiger partial charge in [0.15, 0.2) is 0 Å². The predicted molar refractivity (Wildman–Crippen MR) is 71.1 cm³/mol. The number of amides is 1. The van der Waals surface area contributed by atoms with Gasteiger partial charge in [-0.15, -0.1) is 0 Å². The van der Waals surface area contributed by atoms with Crippen LogP contribution in [0.15, 0.2) is 24.3 Å². The molecule has 0 aliphatic carbocycles. The summed E-state index contributed by atoms with van der Waals surface area (Å²) in [4.78, 5) is 11.4. The van der Waals surface area contributed by atoms with Crippen LogP contribution in [0.25, 0.3) is 0 Å². The van der Waals surface area contributed by atoms with Gasteiger partial charge in [0, 0.05) is 12.0 Å². The van der Waals surface area contributed by atoms with Crippen LogP contribution in [-0.2, 0) is 10.2 Å². The first-order valence-electron chi connectivity index (χ1n) is 5.95.